The molecule has 0 aliphatic carbocycles. The predicted octanol–water partition coefficient (Wildman–Crippen LogP) is 4.69. The van der Waals surface area contributed by atoms with Gasteiger partial charge >= 0.3 is 0 Å². The van der Waals surface area contributed by atoms with E-state index in [9.17, 15) is 4.79 Å². The zero-order valence-electron chi connectivity index (χ0n) is 16.7. The second-order valence-corrected chi connectivity index (χ2v) is 6.53. The van der Waals surface area contributed by atoms with Gasteiger partial charge in [0, 0.05) is 0 Å². The van der Waals surface area contributed by atoms with E-state index >= 15 is 0 Å². The minimum absolute atomic E-state index is 0.163. The van der Waals surface area contributed by atoms with E-state index in [-0.39, 0.29) is 17.5 Å². The first-order valence-electron chi connectivity index (χ1n) is 9.48. The Morgan fingerprint density at radius 1 is 1.00 bits per heavy atom. The van der Waals surface area contributed by atoms with Gasteiger partial charge in [-0.1, -0.05) is 19.1 Å². The van der Waals surface area contributed by atoms with Crippen LogP contribution in [0, 0.1) is 13.8 Å². The predicted molar refractivity (Wildman–Crippen MR) is 110 cm³/mol. The van der Waals surface area contributed by atoms with Crippen molar-refractivity contribution in [2.75, 3.05) is 18.5 Å². The van der Waals surface area contributed by atoms with E-state index < -0.39 is 0 Å². The molecule has 0 spiro atoms. The number of para-hydroxylation sites is 2. The van der Waals surface area contributed by atoms with Gasteiger partial charge in [-0.15, -0.1) is 0 Å². The molecule has 0 saturated heterocycles. The van der Waals surface area contributed by atoms with Crippen LogP contribution in [0.3, 0.4) is 0 Å². The van der Waals surface area contributed by atoms with Crippen LogP contribution in [0.1, 0.15) is 41.9 Å². The molecule has 0 aliphatic heterocycles. The highest BCUT2D eigenvalue weighted by molar-refractivity contribution is 6.06. The first kappa shape index (κ1) is 19.6. The molecule has 1 amide bonds. The highest BCUT2D eigenvalue weighted by atomic mass is 16.5. The molecule has 1 N–H and O–H groups in total. The molecule has 0 unspecified atom stereocenters. The van der Waals surface area contributed by atoms with Crippen LogP contribution >= 0.6 is 0 Å². The largest absolute Gasteiger partial charge is 0.492 e. The average molecular weight is 379 g/mol. The van der Waals surface area contributed by atoms with E-state index in [1.54, 1.807) is 6.07 Å². The smallest absolute Gasteiger partial charge is 0.280 e. The number of hydrogen-bond donors (Lipinski definition) is 1. The summed E-state index contributed by atoms with van der Waals surface area (Å²) in [4.78, 5) is 22.1. The molecule has 6 heteroatoms. The maximum atomic E-state index is 13.0. The first-order valence-corrected chi connectivity index (χ1v) is 9.48. The maximum Gasteiger partial charge on any atom is 0.280 e. The van der Waals surface area contributed by atoms with Crippen molar-refractivity contribution in [2.24, 2.45) is 0 Å². The molecule has 0 radical (unpaired) electrons. The van der Waals surface area contributed by atoms with E-state index in [2.05, 4.69) is 15.3 Å². The fourth-order valence-electron chi connectivity index (χ4n) is 2.78. The molecule has 0 bridgehead atoms. The van der Waals surface area contributed by atoms with Crippen LogP contribution in [0.25, 0.3) is 11.0 Å². The summed E-state index contributed by atoms with van der Waals surface area (Å²) in [7, 11) is 0. The Morgan fingerprint density at radius 2 is 1.68 bits per heavy atom. The Balaban J connectivity index is 2.02. The molecule has 0 atom stereocenters. The van der Waals surface area contributed by atoms with Crippen molar-refractivity contribution in [1.29, 1.82) is 0 Å². The Labute approximate surface area is 164 Å². The minimum atomic E-state index is -0.383. The number of aryl methyl sites for hydroxylation is 2. The Morgan fingerprint density at radius 3 is 2.36 bits per heavy atom. The molecule has 28 heavy (non-hydrogen) atoms. The Kier molecular flexibility index (Phi) is 6.09. The zero-order valence-corrected chi connectivity index (χ0v) is 16.7. The van der Waals surface area contributed by atoms with Crippen molar-refractivity contribution in [3.63, 3.8) is 0 Å². The quantitative estimate of drug-likeness (QED) is 0.645. The topological polar surface area (TPSA) is 73.3 Å². The van der Waals surface area contributed by atoms with Gasteiger partial charge in [-0.2, -0.15) is 0 Å². The lowest BCUT2D eigenvalue weighted by Gasteiger charge is -2.14. The lowest BCUT2D eigenvalue weighted by atomic mass is 10.1. The Hall–Kier alpha value is -3.15. The molecule has 1 heterocycles. The number of carbonyl (C=O) groups excluding carboxylic acids is 1. The van der Waals surface area contributed by atoms with Gasteiger partial charge in [0.15, 0.2) is 5.69 Å². The van der Waals surface area contributed by atoms with Gasteiger partial charge in [-0.3, -0.25) is 4.79 Å². The van der Waals surface area contributed by atoms with Crippen LogP contribution in [0.4, 0.5) is 5.69 Å². The molecule has 3 aromatic rings. The van der Waals surface area contributed by atoms with Crippen molar-refractivity contribution in [3.8, 4) is 11.6 Å². The summed E-state index contributed by atoms with van der Waals surface area (Å²) in [6.07, 6.45) is 0.806. The van der Waals surface area contributed by atoms with Crippen molar-refractivity contribution < 1.29 is 14.3 Å². The number of fused-ring (bicyclic) bond motifs is 1. The van der Waals surface area contributed by atoms with Gasteiger partial charge in [-0.25, -0.2) is 9.97 Å². The van der Waals surface area contributed by atoms with Crippen molar-refractivity contribution in [3.05, 3.63) is 53.2 Å². The third kappa shape index (κ3) is 4.22. The molecule has 2 aromatic carbocycles. The summed E-state index contributed by atoms with van der Waals surface area (Å²) >= 11 is 0. The lowest BCUT2D eigenvalue weighted by molar-refractivity contribution is 0.101. The number of carbonyl (C=O) groups is 1. The van der Waals surface area contributed by atoms with Gasteiger partial charge in [0.25, 0.3) is 5.91 Å². The van der Waals surface area contributed by atoms with Gasteiger partial charge in [0.1, 0.15) is 5.75 Å². The van der Waals surface area contributed by atoms with E-state index in [1.807, 2.05) is 58.0 Å². The normalized spacial score (nSPS) is 10.7. The van der Waals surface area contributed by atoms with Gasteiger partial charge in [-0.05, 0) is 62.6 Å². The fourth-order valence-corrected chi connectivity index (χ4v) is 2.78. The number of aromatic nitrogens is 2. The molecular formula is C22H25N3O3. The van der Waals surface area contributed by atoms with Gasteiger partial charge < -0.3 is 14.8 Å². The van der Waals surface area contributed by atoms with Crippen molar-refractivity contribution in [2.45, 2.75) is 34.1 Å². The first-order chi connectivity index (χ1) is 13.5. The average Bonchev–Trinajstić information content (AvgIpc) is 2.68. The van der Waals surface area contributed by atoms with Crippen LogP contribution in [0.2, 0.25) is 0 Å². The number of hydrogen-bond acceptors (Lipinski definition) is 5. The standard InChI is InChI=1S/C22H25N3O3/c1-5-11-28-22-20(23-17-12-14(3)15(4)13-18(17)25-22)21(26)24-16-9-7-8-10-19(16)27-6-2/h7-10,12-13H,5-6,11H2,1-4H3,(H,24,26). The molecule has 1 aromatic heterocycles. The van der Waals surface area contributed by atoms with Crippen LogP contribution < -0.4 is 14.8 Å². The number of amides is 1. The Bertz CT molecular complexity index is 1000. The monoisotopic (exact) mass is 379 g/mol. The third-order valence-corrected chi connectivity index (χ3v) is 4.34. The molecule has 6 nitrogen and oxygen atoms in total. The number of nitrogens with one attached hydrogen (secondary N) is 1. The fraction of sp³-hybridized carbons (Fsp3) is 0.318. The van der Waals surface area contributed by atoms with Gasteiger partial charge in [0.2, 0.25) is 5.88 Å². The second-order valence-electron chi connectivity index (χ2n) is 6.53. The molecular weight excluding hydrogens is 354 g/mol. The van der Waals surface area contributed by atoms with E-state index in [4.69, 9.17) is 9.47 Å². The summed E-state index contributed by atoms with van der Waals surface area (Å²) < 4.78 is 11.3. The minimum Gasteiger partial charge on any atom is -0.492 e. The number of benzene rings is 2. The zero-order chi connectivity index (χ0) is 20.1. The lowest BCUT2D eigenvalue weighted by Crippen LogP contribution is -2.17. The molecule has 0 aliphatic rings. The van der Waals surface area contributed by atoms with E-state index in [1.165, 1.54) is 0 Å². The van der Waals surface area contributed by atoms with Crippen LogP contribution in [0.15, 0.2) is 36.4 Å². The third-order valence-electron chi connectivity index (χ3n) is 4.34. The summed E-state index contributed by atoms with van der Waals surface area (Å²) in [5, 5.41) is 2.87. The van der Waals surface area contributed by atoms with Crippen LogP contribution in [-0.4, -0.2) is 29.1 Å². The van der Waals surface area contributed by atoms with Gasteiger partial charge in [0.05, 0.1) is 29.9 Å². The van der Waals surface area contributed by atoms with E-state index in [0.29, 0.717) is 35.7 Å². The van der Waals surface area contributed by atoms with Crippen LogP contribution in [0.5, 0.6) is 11.6 Å². The summed E-state index contributed by atoms with van der Waals surface area (Å²) in [5.41, 5.74) is 4.33. The van der Waals surface area contributed by atoms with Crippen molar-refractivity contribution in [1.82, 2.24) is 9.97 Å². The summed E-state index contributed by atoms with van der Waals surface area (Å²) in [5.74, 6) is 0.462. The maximum absolute atomic E-state index is 13.0. The van der Waals surface area contributed by atoms with Crippen molar-refractivity contribution >= 4 is 22.6 Å². The molecule has 0 saturated carbocycles. The number of anilines is 1. The molecule has 3 rings (SSSR count). The molecule has 146 valence electrons. The highest BCUT2D eigenvalue weighted by Gasteiger charge is 2.20. The van der Waals surface area contributed by atoms with E-state index in [0.717, 1.165) is 17.5 Å². The molecule has 0 fully saturated rings. The van der Waals surface area contributed by atoms with Crippen LogP contribution in [-0.2, 0) is 0 Å². The SMILES string of the molecule is CCCOc1nc2cc(C)c(C)cc2nc1C(=O)Nc1ccccc1OCC. The highest BCUT2D eigenvalue weighted by Crippen LogP contribution is 2.27. The number of ether oxygens (including phenoxy) is 2. The summed E-state index contributed by atoms with van der Waals surface area (Å²) in [6.45, 7) is 8.89. The number of rotatable bonds is 7. The summed E-state index contributed by atoms with van der Waals surface area (Å²) in [6, 6.07) is 11.2. The second kappa shape index (κ2) is 8.69. The number of nitrogens with zero attached hydrogens (tertiary/aromatic N) is 2.